The van der Waals surface area contributed by atoms with Gasteiger partial charge in [-0.3, -0.25) is 4.79 Å². The molecule has 0 fully saturated rings. The van der Waals surface area contributed by atoms with Crippen LogP contribution in [0.1, 0.15) is 28.9 Å². The maximum atomic E-state index is 12.9. The standard InChI is InChI=1S/C17H17FO4/c1-11(19)15-8-7-14(21-2)9-17(15)22-10-16(20)12-3-5-13(18)6-4-12/h3-9,16,20H,10H2,1-2H3. The van der Waals surface area contributed by atoms with Gasteiger partial charge in [-0.1, -0.05) is 12.1 Å². The Morgan fingerprint density at radius 1 is 1.23 bits per heavy atom. The number of halogens is 1. The Morgan fingerprint density at radius 2 is 1.91 bits per heavy atom. The zero-order valence-corrected chi connectivity index (χ0v) is 12.4. The first kappa shape index (κ1) is 16.0. The summed E-state index contributed by atoms with van der Waals surface area (Å²) in [6.45, 7) is 1.38. The predicted molar refractivity (Wildman–Crippen MR) is 79.9 cm³/mol. The van der Waals surface area contributed by atoms with Crippen molar-refractivity contribution in [3.05, 3.63) is 59.4 Å². The lowest BCUT2D eigenvalue weighted by molar-refractivity contribution is 0.0976. The van der Waals surface area contributed by atoms with Gasteiger partial charge in [0.2, 0.25) is 0 Å². The molecule has 116 valence electrons. The molecule has 0 heterocycles. The van der Waals surface area contributed by atoms with E-state index in [9.17, 15) is 14.3 Å². The summed E-state index contributed by atoms with van der Waals surface area (Å²) in [6.07, 6.45) is -0.924. The molecule has 1 N–H and O–H groups in total. The third kappa shape index (κ3) is 3.83. The minimum atomic E-state index is -0.924. The molecule has 0 saturated carbocycles. The maximum absolute atomic E-state index is 12.9. The Morgan fingerprint density at radius 3 is 2.50 bits per heavy atom. The van der Waals surface area contributed by atoms with Crippen molar-refractivity contribution in [2.24, 2.45) is 0 Å². The highest BCUT2D eigenvalue weighted by molar-refractivity contribution is 5.97. The Balaban J connectivity index is 2.13. The van der Waals surface area contributed by atoms with Crippen molar-refractivity contribution in [1.29, 1.82) is 0 Å². The molecule has 0 aromatic heterocycles. The van der Waals surface area contributed by atoms with E-state index in [-0.39, 0.29) is 18.2 Å². The van der Waals surface area contributed by atoms with E-state index < -0.39 is 6.10 Å². The molecular formula is C17H17FO4. The Bertz CT molecular complexity index is 652. The number of ketones is 1. The van der Waals surface area contributed by atoms with E-state index in [0.717, 1.165) is 0 Å². The first-order chi connectivity index (χ1) is 10.5. The van der Waals surface area contributed by atoms with Gasteiger partial charge in [0, 0.05) is 6.07 Å². The van der Waals surface area contributed by atoms with Gasteiger partial charge >= 0.3 is 0 Å². The van der Waals surface area contributed by atoms with Crippen LogP contribution in [0.3, 0.4) is 0 Å². The molecular weight excluding hydrogens is 287 g/mol. The largest absolute Gasteiger partial charge is 0.497 e. The molecule has 2 rings (SSSR count). The van der Waals surface area contributed by atoms with Crippen LogP contribution in [-0.4, -0.2) is 24.6 Å². The number of hydrogen-bond acceptors (Lipinski definition) is 4. The zero-order chi connectivity index (χ0) is 16.1. The molecule has 0 spiro atoms. The van der Waals surface area contributed by atoms with E-state index >= 15 is 0 Å². The number of aliphatic hydroxyl groups is 1. The number of rotatable bonds is 6. The van der Waals surface area contributed by atoms with Crippen molar-refractivity contribution in [2.45, 2.75) is 13.0 Å². The fraction of sp³-hybridized carbons (Fsp3) is 0.235. The summed E-state index contributed by atoms with van der Waals surface area (Å²) in [5, 5.41) is 10.1. The highest BCUT2D eigenvalue weighted by atomic mass is 19.1. The van der Waals surface area contributed by atoms with Gasteiger partial charge in [0.05, 0.1) is 12.7 Å². The smallest absolute Gasteiger partial charge is 0.163 e. The van der Waals surface area contributed by atoms with Gasteiger partial charge in [-0.2, -0.15) is 0 Å². The van der Waals surface area contributed by atoms with Crippen LogP contribution in [0, 0.1) is 5.82 Å². The van der Waals surface area contributed by atoms with Crippen molar-refractivity contribution < 1.29 is 23.8 Å². The molecule has 0 aliphatic heterocycles. The van der Waals surface area contributed by atoms with Crippen LogP contribution in [0.5, 0.6) is 11.5 Å². The van der Waals surface area contributed by atoms with E-state index in [1.807, 2.05) is 0 Å². The summed E-state index contributed by atoms with van der Waals surface area (Å²) in [5.74, 6) is 0.377. The molecule has 5 heteroatoms. The molecule has 1 unspecified atom stereocenters. The molecule has 0 saturated heterocycles. The summed E-state index contributed by atoms with van der Waals surface area (Å²) in [6, 6.07) is 10.4. The first-order valence-corrected chi connectivity index (χ1v) is 6.76. The van der Waals surface area contributed by atoms with E-state index in [4.69, 9.17) is 9.47 Å². The van der Waals surface area contributed by atoms with E-state index in [0.29, 0.717) is 22.6 Å². The molecule has 0 amide bonds. The van der Waals surface area contributed by atoms with Crippen LogP contribution in [0.15, 0.2) is 42.5 Å². The fourth-order valence-electron chi connectivity index (χ4n) is 1.99. The number of hydrogen-bond donors (Lipinski definition) is 1. The molecule has 0 aliphatic carbocycles. The lowest BCUT2D eigenvalue weighted by Crippen LogP contribution is -2.11. The fourth-order valence-corrected chi connectivity index (χ4v) is 1.99. The third-order valence-electron chi connectivity index (χ3n) is 3.22. The highest BCUT2D eigenvalue weighted by Crippen LogP contribution is 2.26. The predicted octanol–water partition coefficient (Wildman–Crippen LogP) is 3.15. The van der Waals surface area contributed by atoms with E-state index in [1.54, 1.807) is 18.2 Å². The number of benzene rings is 2. The van der Waals surface area contributed by atoms with Gasteiger partial charge in [0.15, 0.2) is 5.78 Å². The minimum Gasteiger partial charge on any atom is -0.497 e. The Kier molecular flexibility index (Phi) is 5.12. The summed E-state index contributed by atoms with van der Waals surface area (Å²) in [4.78, 5) is 11.6. The summed E-state index contributed by atoms with van der Waals surface area (Å²) in [7, 11) is 1.51. The second kappa shape index (κ2) is 7.04. The van der Waals surface area contributed by atoms with Gasteiger partial charge in [0.1, 0.15) is 30.0 Å². The topological polar surface area (TPSA) is 55.8 Å². The minimum absolute atomic E-state index is 0.0565. The van der Waals surface area contributed by atoms with Crippen LogP contribution in [-0.2, 0) is 0 Å². The van der Waals surface area contributed by atoms with E-state index in [2.05, 4.69) is 0 Å². The number of methoxy groups -OCH3 is 1. The molecule has 2 aromatic rings. The molecule has 0 aliphatic rings. The van der Waals surface area contributed by atoms with Gasteiger partial charge in [-0.05, 0) is 36.8 Å². The molecule has 0 radical (unpaired) electrons. The van der Waals surface area contributed by atoms with Gasteiger partial charge in [-0.15, -0.1) is 0 Å². The van der Waals surface area contributed by atoms with Crippen LogP contribution in [0.4, 0.5) is 4.39 Å². The second-order valence-electron chi connectivity index (χ2n) is 4.80. The average molecular weight is 304 g/mol. The normalized spacial score (nSPS) is 11.8. The lowest BCUT2D eigenvalue weighted by atomic mass is 10.1. The first-order valence-electron chi connectivity index (χ1n) is 6.76. The average Bonchev–Trinajstić information content (AvgIpc) is 2.52. The summed E-state index contributed by atoms with van der Waals surface area (Å²) < 4.78 is 23.5. The Labute approximate surface area is 128 Å². The van der Waals surface area contributed by atoms with Crippen LogP contribution < -0.4 is 9.47 Å². The molecule has 4 nitrogen and oxygen atoms in total. The van der Waals surface area contributed by atoms with E-state index in [1.165, 1.54) is 38.3 Å². The van der Waals surface area contributed by atoms with Crippen molar-refractivity contribution in [2.75, 3.05) is 13.7 Å². The van der Waals surface area contributed by atoms with Crippen molar-refractivity contribution in [1.82, 2.24) is 0 Å². The second-order valence-corrected chi connectivity index (χ2v) is 4.80. The van der Waals surface area contributed by atoms with Gasteiger partial charge in [-0.25, -0.2) is 4.39 Å². The zero-order valence-electron chi connectivity index (χ0n) is 12.4. The molecule has 22 heavy (non-hydrogen) atoms. The molecule has 0 bridgehead atoms. The highest BCUT2D eigenvalue weighted by Gasteiger charge is 2.13. The number of Topliss-reactive ketones (excluding diaryl/α,β-unsaturated/α-hetero) is 1. The Hall–Kier alpha value is -2.40. The molecule has 1 atom stereocenters. The molecule has 2 aromatic carbocycles. The third-order valence-corrected chi connectivity index (χ3v) is 3.22. The lowest BCUT2D eigenvalue weighted by Gasteiger charge is -2.15. The van der Waals surface area contributed by atoms with Crippen molar-refractivity contribution in [3.63, 3.8) is 0 Å². The van der Waals surface area contributed by atoms with Crippen molar-refractivity contribution >= 4 is 5.78 Å². The monoisotopic (exact) mass is 304 g/mol. The number of ether oxygens (including phenoxy) is 2. The summed E-state index contributed by atoms with van der Waals surface area (Å²) in [5.41, 5.74) is 0.945. The summed E-state index contributed by atoms with van der Waals surface area (Å²) >= 11 is 0. The SMILES string of the molecule is COc1ccc(C(C)=O)c(OCC(O)c2ccc(F)cc2)c1. The number of aliphatic hydroxyl groups excluding tert-OH is 1. The quantitative estimate of drug-likeness (QED) is 0.833. The van der Waals surface area contributed by atoms with Crippen LogP contribution in [0.25, 0.3) is 0 Å². The number of carbonyl (C=O) groups is 1. The van der Waals surface area contributed by atoms with Crippen molar-refractivity contribution in [3.8, 4) is 11.5 Å². The van der Waals surface area contributed by atoms with Crippen LogP contribution >= 0.6 is 0 Å². The maximum Gasteiger partial charge on any atom is 0.163 e. The van der Waals surface area contributed by atoms with Gasteiger partial charge in [0.25, 0.3) is 0 Å². The number of carbonyl (C=O) groups excluding carboxylic acids is 1. The van der Waals surface area contributed by atoms with Crippen LogP contribution in [0.2, 0.25) is 0 Å². The van der Waals surface area contributed by atoms with Gasteiger partial charge < -0.3 is 14.6 Å².